The second kappa shape index (κ2) is 5.70. The lowest BCUT2D eigenvalue weighted by Gasteiger charge is -2.15. The number of nitrogens with zero attached hydrogens (tertiary/aromatic N) is 1. The monoisotopic (exact) mass is 214 g/mol. The van der Waals surface area contributed by atoms with E-state index in [0.717, 1.165) is 13.0 Å². The maximum Gasteiger partial charge on any atom is 0.308 e. The quantitative estimate of drug-likeness (QED) is 0.628. The SMILES string of the molecule is CNCCCC(=O)N1CCC(C(=O)O)C1. The van der Waals surface area contributed by atoms with Crippen molar-refractivity contribution in [1.29, 1.82) is 0 Å². The summed E-state index contributed by atoms with van der Waals surface area (Å²) in [6.45, 7) is 1.80. The Balaban J connectivity index is 2.27. The molecule has 0 radical (unpaired) electrons. The lowest BCUT2D eigenvalue weighted by molar-refractivity contribution is -0.141. The summed E-state index contributed by atoms with van der Waals surface area (Å²) in [6.07, 6.45) is 1.91. The minimum atomic E-state index is -0.791. The van der Waals surface area contributed by atoms with E-state index in [2.05, 4.69) is 5.32 Å². The molecule has 0 spiro atoms. The molecule has 0 aromatic carbocycles. The molecule has 1 fully saturated rings. The van der Waals surface area contributed by atoms with Crippen LogP contribution in [-0.2, 0) is 9.59 Å². The highest BCUT2D eigenvalue weighted by molar-refractivity contribution is 5.78. The summed E-state index contributed by atoms with van der Waals surface area (Å²) in [5.74, 6) is -1.08. The molecule has 2 N–H and O–H groups in total. The Morgan fingerprint density at radius 1 is 1.53 bits per heavy atom. The van der Waals surface area contributed by atoms with Gasteiger partial charge in [-0.3, -0.25) is 9.59 Å². The number of carboxylic acids is 1. The fourth-order valence-corrected chi connectivity index (χ4v) is 1.76. The molecule has 1 aliphatic rings. The standard InChI is InChI=1S/C10H18N2O3/c1-11-5-2-3-9(13)12-6-4-8(7-12)10(14)15/h8,11H,2-7H2,1H3,(H,14,15). The number of hydrogen-bond donors (Lipinski definition) is 2. The number of aliphatic carboxylic acids is 1. The zero-order valence-corrected chi connectivity index (χ0v) is 9.03. The first kappa shape index (κ1) is 12.0. The predicted molar refractivity (Wildman–Crippen MR) is 55.5 cm³/mol. The number of hydrogen-bond acceptors (Lipinski definition) is 3. The van der Waals surface area contributed by atoms with Gasteiger partial charge >= 0.3 is 5.97 Å². The van der Waals surface area contributed by atoms with Gasteiger partial charge < -0.3 is 15.3 Å². The highest BCUT2D eigenvalue weighted by Crippen LogP contribution is 2.17. The molecule has 0 aromatic heterocycles. The van der Waals surface area contributed by atoms with E-state index in [4.69, 9.17) is 5.11 Å². The van der Waals surface area contributed by atoms with Crippen LogP contribution in [-0.4, -0.2) is 48.6 Å². The summed E-state index contributed by atoms with van der Waals surface area (Å²) in [5.41, 5.74) is 0. The van der Waals surface area contributed by atoms with Gasteiger partial charge in [-0.2, -0.15) is 0 Å². The molecule has 1 aliphatic heterocycles. The van der Waals surface area contributed by atoms with Crippen molar-refractivity contribution in [3.05, 3.63) is 0 Å². The third-order valence-electron chi connectivity index (χ3n) is 2.71. The Morgan fingerprint density at radius 3 is 2.80 bits per heavy atom. The third kappa shape index (κ3) is 3.51. The van der Waals surface area contributed by atoms with E-state index in [-0.39, 0.29) is 11.8 Å². The lowest BCUT2D eigenvalue weighted by atomic mass is 10.1. The third-order valence-corrected chi connectivity index (χ3v) is 2.71. The Labute approximate surface area is 89.4 Å². The fraction of sp³-hybridized carbons (Fsp3) is 0.800. The number of nitrogens with one attached hydrogen (secondary N) is 1. The second-order valence-corrected chi connectivity index (χ2v) is 3.87. The van der Waals surface area contributed by atoms with Crippen LogP contribution in [0.4, 0.5) is 0 Å². The average molecular weight is 214 g/mol. The Kier molecular flexibility index (Phi) is 4.55. The van der Waals surface area contributed by atoms with Crippen molar-refractivity contribution >= 4 is 11.9 Å². The first-order chi connectivity index (χ1) is 7.15. The van der Waals surface area contributed by atoms with Crippen molar-refractivity contribution in [2.24, 2.45) is 5.92 Å². The van der Waals surface area contributed by atoms with Crippen molar-refractivity contribution < 1.29 is 14.7 Å². The van der Waals surface area contributed by atoms with Crippen LogP contribution in [0, 0.1) is 5.92 Å². The molecular formula is C10H18N2O3. The summed E-state index contributed by atoms with van der Waals surface area (Å²) in [6, 6.07) is 0. The van der Waals surface area contributed by atoms with Gasteiger partial charge in [0.25, 0.3) is 0 Å². The fourth-order valence-electron chi connectivity index (χ4n) is 1.76. The Bertz CT molecular complexity index is 243. The van der Waals surface area contributed by atoms with Crippen molar-refractivity contribution in [3.63, 3.8) is 0 Å². The molecule has 5 nitrogen and oxygen atoms in total. The molecule has 1 saturated heterocycles. The van der Waals surface area contributed by atoms with Gasteiger partial charge in [0, 0.05) is 19.5 Å². The predicted octanol–water partition coefficient (Wildman–Crippen LogP) is -0.0809. The Hall–Kier alpha value is -1.10. The first-order valence-electron chi connectivity index (χ1n) is 5.30. The minimum Gasteiger partial charge on any atom is -0.481 e. The van der Waals surface area contributed by atoms with Gasteiger partial charge in [0.05, 0.1) is 5.92 Å². The number of amides is 1. The van der Waals surface area contributed by atoms with Gasteiger partial charge in [0.15, 0.2) is 0 Å². The Morgan fingerprint density at radius 2 is 2.27 bits per heavy atom. The molecular weight excluding hydrogens is 196 g/mol. The highest BCUT2D eigenvalue weighted by Gasteiger charge is 2.30. The van der Waals surface area contributed by atoms with E-state index in [1.54, 1.807) is 4.90 Å². The van der Waals surface area contributed by atoms with Crippen LogP contribution in [0.1, 0.15) is 19.3 Å². The average Bonchev–Trinajstić information content (AvgIpc) is 2.66. The van der Waals surface area contributed by atoms with Crippen molar-refractivity contribution in [2.45, 2.75) is 19.3 Å². The van der Waals surface area contributed by atoms with Gasteiger partial charge in [-0.1, -0.05) is 0 Å². The molecule has 0 aliphatic carbocycles. The molecule has 86 valence electrons. The van der Waals surface area contributed by atoms with Gasteiger partial charge in [0.2, 0.25) is 5.91 Å². The van der Waals surface area contributed by atoms with E-state index in [1.165, 1.54) is 0 Å². The molecule has 1 rings (SSSR count). The zero-order valence-electron chi connectivity index (χ0n) is 9.03. The number of carboxylic acid groups (broad SMARTS) is 1. The van der Waals surface area contributed by atoms with E-state index in [9.17, 15) is 9.59 Å². The first-order valence-corrected chi connectivity index (χ1v) is 5.30. The molecule has 15 heavy (non-hydrogen) atoms. The number of likely N-dealkylation sites (tertiary alicyclic amines) is 1. The number of carbonyl (C=O) groups excluding carboxylic acids is 1. The maximum absolute atomic E-state index is 11.6. The van der Waals surface area contributed by atoms with Crippen molar-refractivity contribution in [2.75, 3.05) is 26.7 Å². The molecule has 1 amide bonds. The van der Waals surface area contributed by atoms with Crippen LogP contribution in [0.2, 0.25) is 0 Å². The van der Waals surface area contributed by atoms with Crippen LogP contribution in [0.15, 0.2) is 0 Å². The summed E-state index contributed by atoms with van der Waals surface area (Å²) in [7, 11) is 1.85. The topological polar surface area (TPSA) is 69.6 Å². The van der Waals surface area contributed by atoms with Crippen LogP contribution in [0.25, 0.3) is 0 Å². The van der Waals surface area contributed by atoms with Gasteiger partial charge in [0.1, 0.15) is 0 Å². The number of carbonyl (C=O) groups is 2. The molecule has 0 bridgehead atoms. The van der Waals surface area contributed by atoms with Gasteiger partial charge in [-0.05, 0) is 26.4 Å². The second-order valence-electron chi connectivity index (χ2n) is 3.87. The maximum atomic E-state index is 11.6. The van der Waals surface area contributed by atoms with E-state index >= 15 is 0 Å². The molecule has 0 aromatic rings. The summed E-state index contributed by atoms with van der Waals surface area (Å²) in [4.78, 5) is 23.9. The van der Waals surface area contributed by atoms with E-state index in [1.807, 2.05) is 7.05 Å². The van der Waals surface area contributed by atoms with Crippen LogP contribution in [0.3, 0.4) is 0 Å². The molecule has 1 heterocycles. The van der Waals surface area contributed by atoms with Crippen molar-refractivity contribution in [1.82, 2.24) is 10.2 Å². The van der Waals surface area contributed by atoms with E-state index < -0.39 is 5.97 Å². The normalized spacial score (nSPS) is 20.6. The molecule has 1 unspecified atom stereocenters. The van der Waals surface area contributed by atoms with Crippen LogP contribution < -0.4 is 5.32 Å². The molecule has 5 heteroatoms. The molecule has 0 saturated carbocycles. The largest absolute Gasteiger partial charge is 0.481 e. The number of rotatable bonds is 5. The van der Waals surface area contributed by atoms with Crippen LogP contribution >= 0.6 is 0 Å². The van der Waals surface area contributed by atoms with Crippen molar-refractivity contribution in [3.8, 4) is 0 Å². The summed E-state index contributed by atoms with van der Waals surface area (Å²) in [5, 5.41) is 11.8. The van der Waals surface area contributed by atoms with Gasteiger partial charge in [-0.25, -0.2) is 0 Å². The molecule has 1 atom stereocenters. The lowest BCUT2D eigenvalue weighted by Crippen LogP contribution is -2.30. The summed E-state index contributed by atoms with van der Waals surface area (Å²) >= 11 is 0. The van der Waals surface area contributed by atoms with E-state index in [0.29, 0.717) is 25.9 Å². The smallest absolute Gasteiger partial charge is 0.308 e. The van der Waals surface area contributed by atoms with Gasteiger partial charge in [-0.15, -0.1) is 0 Å². The highest BCUT2D eigenvalue weighted by atomic mass is 16.4. The summed E-state index contributed by atoms with van der Waals surface area (Å²) < 4.78 is 0. The van der Waals surface area contributed by atoms with Crippen LogP contribution in [0.5, 0.6) is 0 Å². The zero-order chi connectivity index (χ0) is 11.3. The minimum absolute atomic E-state index is 0.0778.